The standard InChI is InChI=1S/C30H31N3O2/c1-20(2)22-10-12-24(13-11-22)31-28-27(23-8-6-21(3)7-9-23)29(34)33(30(28)35)26-16-14-25(15-17-26)32-18-4-5-19-32/h6-17,20,31H,4-5,18-19H2,1-3H3. The van der Waals surface area contributed by atoms with E-state index >= 15 is 0 Å². The van der Waals surface area contributed by atoms with E-state index in [1.807, 2.05) is 67.6 Å². The summed E-state index contributed by atoms with van der Waals surface area (Å²) in [5.74, 6) is -0.235. The van der Waals surface area contributed by atoms with Crippen molar-refractivity contribution in [3.63, 3.8) is 0 Å². The van der Waals surface area contributed by atoms with E-state index < -0.39 is 0 Å². The summed E-state index contributed by atoms with van der Waals surface area (Å²) in [6.45, 7) is 8.38. The Bertz CT molecular complexity index is 1270. The van der Waals surface area contributed by atoms with Crippen molar-refractivity contribution in [3.05, 3.63) is 95.2 Å². The van der Waals surface area contributed by atoms with Gasteiger partial charge in [0.25, 0.3) is 11.8 Å². The van der Waals surface area contributed by atoms with Gasteiger partial charge in [0, 0.05) is 24.5 Å². The van der Waals surface area contributed by atoms with Crippen LogP contribution in [0.2, 0.25) is 0 Å². The van der Waals surface area contributed by atoms with Gasteiger partial charge in [0.1, 0.15) is 5.70 Å². The molecule has 0 spiro atoms. The highest BCUT2D eigenvalue weighted by Crippen LogP contribution is 2.35. The van der Waals surface area contributed by atoms with Gasteiger partial charge in [0.15, 0.2) is 0 Å². The first-order valence-electron chi connectivity index (χ1n) is 12.3. The molecule has 1 fully saturated rings. The Morgan fingerprint density at radius 2 is 1.34 bits per heavy atom. The number of carbonyl (C=O) groups excluding carboxylic acids is 2. The largest absolute Gasteiger partial charge is 0.372 e. The molecular formula is C30H31N3O2. The third-order valence-corrected chi connectivity index (χ3v) is 6.85. The minimum Gasteiger partial charge on any atom is -0.372 e. The van der Waals surface area contributed by atoms with Crippen LogP contribution in [0, 0.1) is 6.92 Å². The Balaban J connectivity index is 1.50. The van der Waals surface area contributed by atoms with Crippen LogP contribution in [0.3, 0.4) is 0 Å². The third-order valence-electron chi connectivity index (χ3n) is 6.85. The molecule has 178 valence electrons. The molecule has 2 aliphatic rings. The van der Waals surface area contributed by atoms with E-state index in [2.05, 4.69) is 36.2 Å². The zero-order valence-electron chi connectivity index (χ0n) is 20.5. The zero-order chi connectivity index (χ0) is 24.5. The molecule has 1 saturated heterocycles. The van der Waals surface area contributed by atoms with Crippen LogP contribution in [0.4, 0.5) is 17.1 Å². The monoisotopic (exact) mass is 465 g/mol. The molecule has 0 unspecified atom stereocenters. The molecule has 0 aliphatic carbocycles. The Morgan fingerprint density at radius 3 is 1.94 bits per heavy atom. The number of anilines is 3. The molecule has 35 heavy (non-hydrogen) atoms. The Labute approximate surface area is 207 Å². The first kappa shape index (κ1) is 22.9. The minimum absolute atomic E-state index is 0.305. The van der Waals surface area contributed by atoms with Crippen LogP contribution in [0.15, 0.2) is 78.5 Å². The van der Waals surface area contributed by atoms with E-state index in [4.69, 9.17) is 0 Å². The highest BCUT2D eigenvalue weighted by atomic mass is 16.2. The van der Waals surface area contributed by atoms with Crippen LogP contribution in [0.5, 0.6) is 0 Å². The first-order valence-corrected chi connectivity index (χ1v) is 12.3. The summed E-state index contributed by atoms with van der Waals surface area (Å²) in [5.41, 5.74) is 6.23. The maximum Gasteiger partial charge on any atom is 0.282 e. The number of hydrogen-bond acceptors (Lipinski definition) is 4. The molecular weight excluding hydrogens is 434 g/mol. The van der Waals surface area contributed by atoms with Crippen LogP contribution in [0.1, 0.15) is 49.3 Å². The number of nitrogens with zero attached hydrogens (tertiary/aromatic N) is 2. The van der Waals surface area contributed by atoms with E-state index in [0.29, 0.717) is 22.9 Å². The second-order valence-corrected chi connectivity index (χ2v) is 9.67. The molecule has 0 saturated carbocycles. The smallest absolute Gasteiger partial charge is 0.282 e. The molecule has 5 rings (SSSR count). The van der Waals surface area contributed by atoms with Gasteiger partial charge in [-0.05, 0) is 73.2 Å². The van der Waals surface area contributed by atoms with Crippen molar-refractivity contribution in [1.82, 2.24) is 0 Å². The Morgan fingerprint density at radius 1 is 0.743 bits per heavy atom. The van der Waals surface area contributed by atoms with Crippen molar-refractivity contribution in [1.29, 1.82) is 0 Å². The lowest BCUT2D eigenvalue weighted by Gasteiger charge is -2.20. The maximum atomic E-state index is 13.7. The van der Waals surface area contributed by atoms with E-state index in [0.717, 1.165) is 35.6 Å². The van der Waals surface area contributed by atoms with Crippen molar-refractivity contribution < 1.29 is 9.59 Å². The molecule has 0 atom stereocenters. The number of hydrogen-bond donors (Lipinski definition) is 1. The number of benzene rings is 3. The topological polar surface area (TPSA) is 52.7 Å². The van der Waals surface area contributed by atoms with Gasteiger partial charge in [-0.15, -0.1) is 0 Å². The number of rotatable bonds is 6. The average Bonchev–Trinajstić information content (AvgIpc) is 3.48. The molecule has 0 bridgehead atoms. The fourth-order valence-corrected chi connectivity index (χ4v) is 4.75. The van der Waals surface area contributed by atoms with E-state index in [-0.39, 0.29) is 11.8 Å². The lowest BCUT2D eigenvalue weighted by atomic mass is 10.0. The van der Waals surface area contributed by atoms with Crippen molar-refractivity contribution in [3.8, 4) is 0 Å². The van der Waals surface area contributed by atoms with Crippen LogP contribution < -0.4 is 15.1 Å². The predicted molar refractivity (Wildman–Crippen MR) is 143 cm³/mol. The SMILES string of the molecule is Cc1ccc(C2=C(Nc3ccc(C(C)C)cc3)C(=O)N(c3ccc(N4CCCC4)cc3)C2=O)cc1. The van der Waals surface area contributed by atoms with Crippen LogP contribution >= 0.6 is 0 Å². The molecule has 1 N–H and O–H groups in total. The molecule has 5 nitrogen and oxygen atoms in total. The van der Waals surface area contributed by atoms with Crippen molar-refractivity contribution in [2.75, 3.05) is 28.2 Å². The summed E-state index contributed by atoms with van der Waals surface area (Å²) in [6.07, 6.45) is 2.39. The fourth-order valence-electron chi connectivity index (χ4n) is 4.75. The van der Waals surface area contributed by atoms with Crippen molar-refractivity contribution >= 4 is 34.4 Å². The van der Waals surface area contributed by atoms with Gasteiger partial charge in [-0.25, -0.2) is 4.90 Å². The summed E-state index contributed by atoms with van der Waals surface area (Å²) in [5, 5.41) is 3.27. The fraction of sp³-hybridized carbons (Fsp3) is 0.267. The van der Waals surface area contributed by atoms with E-state index in [9.17, 15) is 9.59 Å². The number of carbonyl (C=O) groups is 2. The van der Waals surface area contributed by atoms with Gasteiger partial charge < -0.3 is 10.2 Å². The lowest BCUT2D eigenvalue weighted by molar-refractivity contribution is -0.120. The van der Waals surface area contributed by atoms with Crippen LogP contribution in [-0.4, -0.2) is 24.9 Å². The molecule has 2 amide bonds. The molecule has 5 heteroatoms. The van der Waals surface area contributed by atoms with Gasteiger partial charge in [-0.2, -0.15) is 0 Å². The molecule has 2 heterocycles. The predicted octanol–water partition coefficient (Wildman–Crippen LogP) is 6.12. The van der Waals surface area contributed by atoms with Gasteiger partial charge in [0.05, 0.1) is 11.3 Å². The highest BCUT2D eigenvalue weighted by molar-refractivity contribution is 6.46. The molecule has 0 radical (unpaired) electrons. The third kappa shape index (κ3) is 4.46. The Kier molecular flexibility index (Phi) is 6.16. The quantitative estimate of drug-likeness (QED) is 0.446. The van der Waals surface area contributed by atoms with E-state index in [1.54, 1.807) is 0 Å². The molecule has 3 aromatic rings. The number of nitrogens with one attached hydrogen (secondary N) is 1. The maximum absolute atomic E-state index is 13.7. The molecule has 2 aliphatic heterocycles. The van der Waals surface area contributed by atoms with Crippen LogP contribution in [0.25, 0.3) is 5.57 Å². The van der Waals surface area contributed by atoms with Crippen molar-refractivity contribution in [2.45, 2.75) is 39.5 Å². The van der Waals surface area contributed by atoms with Gasteiger partial charge >= 0.3 is 0 Å². The normalized spacial score (nSPS) is 16.1. The summed E-state index contributed by atoms with van der Waals surface area (Å²) in [7, 11) is 0. The first-order chi connectivity index (χ1) is 16.9. The van der Waals surface area contributed by atoms with Gasteiger partial charge in [-0.1, -0.05) is 55.8 Å². The summed E-state index contributed by atoms with van der Waals surface area (Å²) in [4.78, 5) is 31.0. The molecule has 3 aromatic carbocycles. The number of aryl methyl sites for hydroxylation is 1. The highest BCUT2D eigenvalue weighted by Gasteiger charge is 2.40. The zero-order valence-corrected chi connectivity index (χ0v) is 20.5. The number of amides is 2. The van der Waals surface area contributed by atoms with Gasteiger partial charge in [0.2, 0.25) is 0 Å². The second kappa shape index (κ2) is 9.41. The molecule has 0 aromatic heterocycles. The van der Waals surface area contributed by atoms with Crippen molar-refractivity contribution in [2.24, 2.45) is 0 Å². The lowest BCUT2D eigenvalue weighted by Crippen LogP contribution is -2.32. The minimum atomic E-state index is -0.340. The average molecular weight is 466 g/mol. The summed E-state index contributed by atoms with van der Waals surface area (Å²) in [6, 6.07) is 23.5. The second-order valence-electron chi connectivity index (χ2n) is 9.67. The van der Waals surface area contributed by atoms with Gasteiger partial charge in [-0.3, -0.25) is 9.59 Å². The Hall–Kier alpha value is -3.86. The summed E-state index contributed by atoms with van der Waals surface area (Å²) >= 11 is 0. The van der Waals surface area contributed by atoms with E-state index in [1.165, 1.54) is 23.3 Å². The summed E-state index contributed by atoms with van der Waals surface area (Å²) < 4.78 is 0. The number of imide groups is 1. The van der Waals surface area contributed by atoms with Crippen LogP contribution in [-0.2, 0) is 9.59 Å².